The molecule has 0 saturated carbocycles. The third-order valence-corrected chi connectivity index (χ3v) is 5.28. The first-order chi connectivity index (χ1) is 16.9. The maximum Gasteiger partial charge on any atom is 0.270 e. The summed E-state index contributed by atoms with van der Waals surface area (Å²) in [5.41, 5.74) is 1.99. The molecule has 0 aliphatic rings. The molecule has 4 aromatic rings. The van der Waals surface area contributed by atoms with Crippen molar-refractivity contribution in [1.29, 1.82) is 5.26 Å². The predicted molar refractivity (Wildman–Crippen MR) is 129 cm³/mol. The standard InChI is InChI=1S/C26H19N3O6/c1-33-20-8-3-16(4-9-20)24-22(14-27)26(35-25(24)17-5-10-21(34-2)11-6-17)28-15-18-13-19(29(31)32)7-12-23(18)30/h3-13,15,30H,1-2H3. The fraction of sp³-hybridized carbons (Fsp3) is 0.0769. The van der Waals surface area contributed by atoms with Crippen LogP contribution in [0.1, 0.15) is 11.1 Å². The van der Waals surface area contributed by atoms with Crippen molar-refractivity contribution in [1.82, 2.24) is 0 Å². The molecule has 35 heavy (non-hydrogen) atoms. The zero-order chi connectivity index (χ0) is 24.9. The van der Waals surface area contributed by atoms with Crippen molar-refractivity contribution in [2.45, 2.75) is 0 Å². The second-order valence-electron chi connectivity index (χ2n) is 7.31. The number of methoxy groups -OCH3 is 2. The molecule has 9 heteroatoms. The quantitative estimate of drug-likeness (QED) is 0.203. The summed E-state index contributed by atoms with van der Waals surface area (Å²) in [6.07, 6.45) is 1.22. The lowest BCUT2D eigenvalue weighted by Gasteiger charge is -2.06. The van der Waals surface area contributed by atoms with Gasteiger partial charge in [0.25, 0.3) is 5.69 Å². The first-order valence-electron chi connectivity index (χ1n) is 10.3. The van der Waals surface area contributed by atoms with E-state index in [4.69, 9.17) is 13.9 Å². The molecule has 0 unspecified atom stereocenters. The summed E-state index contributed by atoms with van der Waals surface area (Å²) in [6, 6.07) is 20.0. The SMILES string of the molecule is COc1ccc(-c2oc(N=Cc3cc([N+](=O)[O-])ccc3O)c(C#N)c2-c2ccc(OC)cc2)cc1. The summed E-state index contributed by atoms with van der Waals surface area (Å²) in [7, 11) is 3.13. The minimum atomic E-state index is -0.575. The van der Waals surface area contributed by atoms with Gasteiger partial charge in [0, 0.05) is 35.0 Å². The molecule has 1 N–H and O–H groups in total. The van der Waals surface area contributed by atoms with E-state index in [0.717, 1.165) is 0 Å². The molecular weight excluding hydrogens is 450 g/mol. The third-order valence-electron chi connectivity index (χ3n) is 5.28. The number of non-ortho nitro benzene ring substituents is 1. The molecule has 4 rings (SSSR count). The fourth-order valence-electron chi connectivity index (χ4n) is 3.48. The van der Waals surface area contributed by atoms with Crippen molar-refractivity contribution in [2.24, 2.45) is 4.99 Å². The van der Waals surface area contributed by atoms with Crippen LogP contribution in [0.4, 0.5) is 11.6 Å². The lowest BCUT2D eigenvalue weighted by atomic mass is 9.98. The van der Waals surface area contributed by atoms with Gasteiger partial charge in [0.2, 0.25) is 5.88 Å². The lowest BCUT2D eigenvalue weighted by Crippen LogP contribution is -1.90. The van der Waals surface area contributed by atoms with Crippen molar-refractivity contribution >= 4 is 17.8 Å². The number of hydrogen-bond donors (Lipinski definition) is 1. The molecule has 0 spiro atoms. The molecule has 0 aliphatic heterocycles. The Bertz CT molecular complexity index is 1450. The zero-order valence-electron chi connectivity index (χ0n) is 18.8. The Morgan fingerprint density at radius 3 is 2.14 bits per heavy atom. The normalized spacial score (nSPS) is 10.8. The average Bonchev–Trinajstić information content (AvgIpc) is 3.26. The van der Waals surface area contributed by atoms with E-state index < -0.39 is 4.92 Å². The van der Waals surface area contributed by atoms with Crippen LogP contribution < -0.4 is 9.47 Å². The molecule has 0 atom stereocenters. The largest absolute Gasteiger partial charge is 0.507 e. The third kappa shape index (κ3) is 4.67. The first kappa shape index (κ1) is 23.1. The van der Waals surface area contributed by atoms with Gasteiger partial charge in [0.05, 0.1) is 19.1 Å². The van der Waals surface area contributed by atoms with Crippen molar-refractivity contribution in [2.75, 3.05) is 14.2 Å². The highest BCUT2D eigenvalue weighted by Crippen LogP contribution is 2.43. The molecule has 3 aromatic carbocycles. The summed E-state index contributed by atoms with van der Waals surface area (Å²) < 4.78 is 16.5. The molecule has 0 saturated heterocycles. The van der Waals surface area contributed by atoms with Crippen molar-refractivity contribution in [3.63, 3.8) is 0 Å². The molecule has 0 radical (unpaired) electrons. The smallest absolute Gasteiger partial charge is 0.270 e. The van der Waals surface area contributed by atoms with E-state index in [1.807, 2.05) is 0 Å². The minimum Gasteiger partial charge on any atom is -0.507 e. The molecular formula is C26H19N3O6. The van der Waals surface area contributed by atoms with Crippen LogP contribution in [-0.4, -0.2) is 30.5 Å². The molecule has 0 bridgehead atoms. The first-order valence-corrected chi connectivity index (χ1v) is 10.3. The number of nitriles is 1. The number of nitro groups is 1. The van der Waals surface area contributed by atoms with Crippen molar-refractivity contribution < 1.29 is 23.9 Å². The van der Waals surface area contributed by atoms with E-state index in [1.54, 1.807) is 62.8 Å². The maximum atomic E-state index is 11.1. The number of aliphatic imine (C=N–C) groups is 1. The topological polar surface area (TPSA) is 131 Å². The van der Waals surface area contributed by atoms with Crippen molar-refractivity contribution in [3.8, 4) is 45.8 Å². The molecule has 1 heterocycles. The van der Waals surface area contributed by atoms with Crippen LogP contribution >= 0.6 is 0 Å². The Balaban J connectivity index is 1.87. The highest BCUT2D eigenvalue weighted by molar-refractivity contribution is 5.91. The van der Waals surface area contributed by atoms with Gasteiger partial charge in [-0.2, -0.15) is 5.26 Å². The van der Waals surface area contributed by atoms with Gasteiger partial charge in [0.1, 0.15) is 34.6 Å². The molecule has 174 valence electrons. The number of nitrogens with zero attached hydrogens (tertiary/aromatic N) is 3. The lowest BCUT2D eigenvalue weighted by molar-refractivity contribution is -0.384. The number of phenolic OH excluding ortho intramolecular Hbond substituents is 1. The van der Waals surface area contributed by atoms with Crippen LogP contribution in [0.15, 0.2) is 76.1 Å². The number of benzene rings is 3. The molecule has 1 aromatic heterocycles. The number of ether oxygens (including phenoxy) is 2. The Morgan fingerprint density at radius 1 is 1.00 bits per heavy atom. The summed E-state index contributed by atoms with van der Waals surface area (Å²) in [5, 5.41) is 31.2. The van der Waals surface area contributed by atoms with E-state index in [9.17, 15) is 20.5 Å². The highest BCUT2D eigenvalue weighted by Gasteiger charge is 2.23. The van der Waals surface area contributed by atoms with Crippen LogP contribution in [0.25, 0.3) is 22.5 Å². The number of nitro benzene ring substituents is 1. The molecule has 9 nitrogen and oxygen atoms in total. The molecule has 0 amide bonds. The van der Waals surface area contributed by atoms with E-state index in [1.165, 1.54) is 24.4 Å². The Labute approximate surface area is 200 Å². The predicted octanol–water partition coefficient (Wildman–Crippen LogP) is 5.87. The van der Waals surface area contributed by atoms with Crippen LogP contribution in [0, 0.1) is 21.4 Å². The monoisotopic (exact) mass is 469 g/mol. The average molecular weight is 469 g/mol. The maximum absolute atomic E-state index is 11.1. The number of furan rings is 1. The van der Waals surface area contributed by atoms with E-state index in [-0.39, 0.29) is 28.4 Å². The van der Waals surface area contributed by atoms with Gasteiger partial charge in [-0.25, -0.2) is 4.99 Å². The van der Waals surface area contributed by atoms with E-state index in [2.05, 4.69) is 11.1 Å². The number of aromatic hydroxyl groups is 1. The fourth-order valence-corrected chi connectivity index (χ4v) is 3.48. The van der Waals surface area contributed by atoms with Gasteiger partial charge >= 0.3 is 0 Å². The Kier molecular flexibility index (Phi) is 6.46. The van der Waals surface area contributed by atoms with Gasteiger partial charge < -0.3 is 19.0 Å². The van der Waals surface area contributed by atoms with Crippen LogP contribution in [0.5, 0.6) is 17.2 Å². The van der Waals surface area contributed by atoms with Crippen LogP contribution in [0.3, 0.4) is 0 Å². The van der Waals surface area contributed by atoms with Crippen molar-refractivity contribution in [3.05, 3.63) is 88.0 Å². The molecule has 0 aliphatic carbocycles. The Hall–Kier alpha value is -5.10. The number of hydrogen-bond acceptors (Lipinski definition) is 8. The van der Waals surface area contributed by atoms with Gasteiger partial charge in [-0.15, -0.1) is 0 Å². The minimum absolute atomic E-state index is 0.00459. The zero-order valence-corrected chi connectivity index (χ0v) is 18.8. The van der Waals surface area contributed by atoms with Crippen LogP contribution in [-0.2, 0) is 0 Å². The van der Waals surface area contributed by atoms with Gasteiger partial charge in [-0.05, 0) is 48.0 Å². The summed E-state index contributed by atoms with van der Waals surface area (Å²) in [4.78, 5) is 14.8. The second kappa shape index (κ2) is 9.80. The second-order valence-corrected chi connectivity index (χ2v) is 7.31. The highest BCUT2D eigenvalue weighted by atomic mass is 16.6. The van der Waals surface area contributed by atoms with Gasteiger partial charge in [0.15, 0.2) is 0 Å². The van der Waals surface area contributed by atoms with E-state index >= 15 is 0 Å². The summed E-state index contributed by atoms with van der Waals surface area (Å²) in [6.45, 7) is 0. The van der Waals surface area contributed by atoms with Crippen LogP contribution in [0.2, 0.25) is 0 Å². The summed E-state index contributed by atoms with van der Waals surface area (Å²) in [5.74, 6) is 1.52. The summed E-state index contributed by atoms with van der Waals surface area (Å²) >= 11 is 0. The Morgan fingerprint density at radius 2 is 1.60 bits per heavy atom. The number of phenols is 1. The van der Waals surface area contributed by atoms with Gasteiger partial charge in [-0.1, -0.05) is 12.1 Å². The number of rotatable bonds is 7. The molecule has 0 fully saturated rings. The van der Waals surface area contributed by atoms with E-state index in [0.29, 0.717) is 33.9 Å². The van der Waals surface area contributed by atoms with Gasteiger partial charge in [-0.3, -0.25) is 10.1 Å².